The highest BCUT2D eigenvalue weighted by molar-refractivity contribution is 6.06. The summed E-state index contributed by atoms with van der Waals surface area (Å²) in [6, 6.07) is 9.03. The molecular weight excluding hydrogens is 344 g/mol. The van der Waals surface area contributed by atoms with E-state index in [4.69, 9.17) is 0 Å². The number of hydrogen-bond acceptors (Lipinski definition) is 4. The first-order valence-electron chi connectivity index (χ1n) is 8.92. The zero-order valence-electron chi connectivity index (χ0n) is 16.6. The first kappa shape index (κ1) is 19.0. The molecular formula is C21H26N2O4. The third-order valence-corrected chi connectivity index (χ3v) is 6.13. The lowest BCUT2D eigenvalue weighted by Crippen LogP contribution is -2.40. The monoisotopic (exact) mass is 370 g/mol. The zero-order valence-corrected chi connectivity index (χ0v) is 16.6. The third kappa shape index (κ3) is 2.46. The van der Waals surface area contributed by atoms with Gasteiger partial charge in [0.15, 0.2) is 0 Å². The molecule has 2 N–H and O–H groups in total. The van der Waals surface area contributed by atoms with E-state index >= 15 is 0 Å². The van der Waals surface area contributed by atoms with Crippen molar-refractivity contribution in [3.05, 3.63) is 58.6 Å². The summed E-state index contributed by atoms with van der Waals surface area (Å²) >= 11 is 0. The number of hydrogen-bond donors (Lipinski definition) is 2. The van der Waals surface area contributed by atoms with Gasteiger partial charge in [0.2, 0.25) is 0 Å². The third-order valence-electron chi connectivity index (χ3n) is 6.13. The highest BCUT2D eigenvalue weighted by Crippen LogP contribution is 2.47. The zero-order chi connectivity index (χ0) is 20.3. The minimum Gasteiger partial charge on any atom is -0.509 e. The van der Waals surface area contributed by atoms with Gasteiger partial charge in [0.05, 0.1) is 28.1 Å². The Morgan fingerprint density at radius 2 is 1.15 bits per heavy atom. The van der Waals surface area contributed by atoms with E-state index in [1.807, 2.05) is 6.07 Å². The van der Waals surface area contributed by atoms with Crippen molar-refractivity contribution >= 4 is 11.8 Å². The lowest BCUT2D eigenvalue weighted by Gasteiger charge is -2.28. The number of likely N-dealkylation sites (N-methyl/N-ethyl adjacent to an activating group) is 2. The normalized spacial score (nSPS) is 21.9. The minimum absolute atomic E-state index is 0.0793. The molecule has 2 aliphatic rings. The van der Waals surface area contributed by atoms with E-state index in [0.717, 1.165) is 0 Å². The minimum atomic E-state index is -0.890. The smallest absolute Gasteiger partial charge is 0.254 e. The molecule has 2 heterocycles. The number of carbonyl (C=O) groups is 2. The molecule has 2 aliphatic heterocycles. The summed E-state index contributed by atoms with van der Waals surface area (Å²) in [6.07, 6.45) is 0. The second-order valence-corrected chi connectivity index (χ2v) is 8.21. The van der Waals surface area contributed by atoms with Crippen molar-refractivity contribution in [3.8, 4) is 0 Å². The lowest BCUT2D eigenvalue weighted by molar-refractivity contribution is -0.127. The molecule has 0 fully saturated rings. The molecule has 6 heteroatoms. The molecule has 0 spiro atoms. The van der Waals surface area contributed by atoms with Gasteiger partial charge in [0, 0.05) is 14.1 Å². The molecule has 144 valence electrons. The first-order chi connectivity index (χ1) is 12.4. The van der Waals surface area contributed by atoms with Crippen molar-refractivity contribution < 1.29 is 19.8 Å². The molecule has 2 amide bonds. The predicted molar refractivity (Wildman–Crippen MR) is 102 cm³/mol. The van der Waals surface area contributed by atoms with E-state index in [9.17, 15) is 19.8 Å². The van der Waals surface area contributed by atoms with Crippen molar-refractivity contribution in [2.24, 2.45) is 0 Å². The standard InChI is InChI=1S/C21H26N2O4/c1-20(2)16(24)14(18(26)22(20)5)13(12-10-8-7-9-11-12)15-17(25)21(3,4)23(6)19(15)27/h7-11,13,24-25H,1-6H3. The van der Waals surface area contributed by atoms with Crippen molar-refractivity contribution in [3.63, 3.8) is 0 Å². The van der Waals surface area contributed by atoms with Gasteiger partial charge in [-0.1, -0.05) is 30.3 Å². The van der Waals surface area contributed by atoms with Crippen LogP contribution in [0.1, 0.15) is 39.2 Å². The molecule has 3 rings (SSSR count). The van der Waals surface area contributed by atoms with Crippen LogP contribution in [0.5, 0.6) is 0 Å². The van der Waals surface area contributed by atoms with Crippen LogP contribution >= 0.6 is 0 Å². The van der Waals surface area contributed by atoms with Gasteiger partial charge in [-0.3, -0.25) is 9.59 Å². The number of amides is 2. The van der Waals surface area contributed by atoms with Gasteiger partial charge in [0.1, 0.15) is 11.5 Å². The van der Waals surface area contributed by atoms with Crippen LogP contribution in [-0.2, 0) is 9.59 Å². The maximum Gasteiger partial charge on any atom is 0.254 e. The average Bonchev–Trinajstić information content (AvgIpc) is 2.88. The molecule has 0 saturated carbocycles. The summed E-state index contributed by atoms with van der Waals surface area (Å²) in [5, 5.41) is 21.8. The summed E-state index contributed by atoms with van der Waals surface area (Å²) in [4.78, 5) is 29.0. The van der Waals surface area contributed by atoms with Crippen LogP contribution in [0.2, 0.25) is 0 Å². The van der Waals surface area contributed by atoms with E-state index in [-0.39, 0.29) is 34.5 Å². The van der Waals surface area contributed by atoms with Crippen molar-refractivity contribution in [1.82, 2.24) is 9.80 Å². The maximum atomic E-state index is 13.0. The number of nitrogens with zero attached hydrogens (tertiary/aromatic N) is 2. The molecule has 0 aliphatic carbocycles. The summed E-state index contributed by atoms with van der Waals surface area (Å²) in [5.41, 5.74) is -0.846. The number of benzene rings is 1. The van der Waals surface area contributed by atoms with E-state index in [2.05, 4.69) is 0 Å². The Labute approximate surface area is 159 Å². The maximum absolute atomic E-state index is 13.0. The first-order valence-corrected chi connectivity index (χ1v) is 8.92. The van der Waals surface area contributed by atoms with Gasteiger partial charge >= 0.3 is 0 Å². The number of carbonyl (C=O) groups excluding carboxylic acids is 2. The quantitative estimate of drug-likeness (QED) is 0.857. The molecule has 0 atom stereocenters. The molecule has 1 aromatic rings. The summed E-state index contributed by atoms with van der Waals surface area (Å²) in [5.74, 6) is -1.72. The Morgan fingerprint density at radius 1 is 0.778 bits per heavy atom. The van der Waals surface area contributed by atoms with Crippen LogP contribution in [0.4, 0.5) is 0 Å². The molecule has 0 unspecified atom stereocenters. The van der Waals surface area contributed by atoms with Crippen molar-refractivity contribution in [2.75, 3.05) is 14.1 Å². The second-order valence-electron chi connectivity index (χ2n) is 8.21. The van der Waals surface area contributed by atoms with E-state index < -0.39 is 17.0 Å². The molecule has 0 bridgehead atoms. The number of aliphatic hydroxyl groups excluding tert-OH is 2. The van der Waals surface area contributed by atoms with Crippen LogP contribution in [0, 0.1) is 0 Å². The number of aliphatic hydroxyl groups is 2. The largest absolute Gasteiger partial charge is 0.509 e. The van der Waals surface area contributed by atoms with Crippen LogP contribution in [0.25, 0.3) is 0 Å². The van der Waals surface area contributed by atoms with Crippen LogP contribution in [-0.4, -0.2) is 57.0 Å². The fourth-order valence-electron chi connectivity index (χ4n) is 3.69. The van der Waals surface area contributed by atoms with Gasteiger partial charge in [-0.25, -0.2) is 0 Å². The molecule has 0 aromatic heterocycles. The van der Waals surface area contributed by atoms with E-state index in [1.54, 1.807) is 66.1 Å². The lowest BCUT2D eigenvalue weighted by atomic mass is 9.81. The van der Waals surface area contributed by atoms with Gasteiger partial charge in [-0.05, 0) is 33.3 Å². The molecule has 0 saturated heterocycles. The van der Waals surface area contributed by atoms with Gasteiger partial charge in [0.25, 0.3) is 11.8 Å². The van der Waals surface area contributed by atoms with Gasteiger partial charge in [-0.2, -0.15) is 0 Å². The van der Waals surface area contributed by atoms with Gasteiger partial charge < -0.3 is 20.0 Å². The van der Waals surface area contributed by atoms with E-state index in [1.165, 1.54) is 9.80 Å². The highest BCUT2D eigenvalue weighted by atomic mass is 16.3. The van der Waals surface area contributed by atoms with Crippen LogP contribution in [0.15, 0.2) is 53.0 Å². The van der Waals surface area contributed by atoms with Crippen molar-refractivity contribution in [1.29, 1.82) is 0 Å². The van der Waals surface area contributed by atoms with Gasteiger partial charge in [-0.15, -0.1) is 0 Å². The second kappa shape index (κ2) is 5.87. The highest BCUT2D eigenvalue weighted by Gasteiger charge is 2.52. The Morgan fingerprint density at radius 3 is 1.44 bits per heavy atom. The molecule has 0 radical (unpaired) electrons. The Kier molecular flexibility index (Phi) is 4.14. The summed E-state index contributed by atoms with van der Waals surface area (Å²) in [6.45, 7) is 6.98. The Bertz CT molecular complexity index is 827. The molecule has 1 aromatic carbocycles. The summed E-state index contributed by atoms with van der Waals surface area (Å²) in [7, 11) is 3.24. The topological polar surface area (TPSA) is 81.1 Å². The summed E-state index contributed by atoms with van der Waals surface area (Å²) < 4.78 is 0. The van der Waals surface area contributed by atoms with Crippen molar-refractivity contribution in [2.45, 2.75) is 44.7 Å². The fourth-order valence-corrected chi connectivity index (χ4v) is 3.69. The molecule has 27 heavy (non-hydrogen) atoms. The van der Waals surface area contributed by atoms with Crippen LogP contribution in [0.3, 0.4) is 0 Å². The fraction of sp³-hybridized carbons (Fsp3) is 0.429. The van der Waals surface area contributed by atoms with Crippen LogP contribution < -0.4 is 0 Å². The SMILES string of the molecule is CN1C(=O)C(C(C2=C(O)C(C)(C)N(C)C2=O)c2ccccc2)=C(O)C1(C)C. The Balaban J connectivity index is 2.31. The number of rotatable bonds is 3. The average molecular weight is 370 g/mol. The van der Waals surface area contributed by atoms with E-state index in [0.29, 0.717) is 5.56 Å². The Hall–Kier alpha value is -2.76. The predicted octanol–water partition coefficient (Wildman–Crippen LogP) is 2.90. The molecule has 6 nitrogen and oxygen atoms in total.